The number of nitrogens with zero attached hydrogens (tertiary/aromatic N) is 2. The van der Waals surface area contributed by atoms with Gasteiger partial charge < -0.3 is 10.2 Å². The Morgan fingerprint density at radius 3 is 2.39 bits per heavy atom. The van der Waals surface area contributed by atoms with Crippen LogP contribution >= 0.6 is 0 Å². The zero-order valence-electron chi connectivity index (χ0n) is 16.9. The van der Waals surface area contributed by atoms with Crippen LogP contribution in [0.15, 0.2) is 54.6 Å². The molecule has 0 saturated carbocycles. The summed E-state index contributed by atoms with van der Waals surface area (Å²) in [4.78, 5) is 28.8. The van der Waals surface area contributed by atoms with Crippen LogP contribution in [0.25, 0.3) is 11.1 Å². The topological polar surface area (TPSA) is 52.7 Å². The van der Waals surface area contributed by atoms with E-state index in [0.29, 0.717) is 13.1 Å². The average molecular weight is 380 g/mol. The molecule has 0 radical (unpaired) electrons. The van der Waals surface area contributed by atoms with E-state index in [9.17, 15) is 9.59 Å². The number of rotatable bonds is 6. The van der Waals surface area contributed by atoms with Crippen molar-refractivity contribution in [2.75, 3.05) is 20.1 Å². The van der Waals surface area contributed by atoms with E-state index in [1.165, 1.54) is 11.1 Å². The van der Waals surface area contributed by atoms with Gasteiger partial charge in [0.05, 0.1) is 12.5 Å². The number of amides is 2. The number of carbonyl (C=O) groups is 2. The van der Waals surface area contributed by atoms with Crippen LogP contribution in [0.5, 0.6) is 0 Å². The van der Waals surface area contributed by atoms with E-state index < -0.39 is 6.04 Å². The molecule has 2 aromatic carbocycles. The standard InChI is InChI=1S/C23H29N3O2/c1-17(2)25(3)22(27)15-21-23(28)24-13-14-26(21)16-18-9-11-20(12-10-18)19-7-5-4-6-8-19/h4-12,17,21H,13-16H2,1-3H3,(H,24,28)/t21-/m0/s1. The first-order chi connectivity index (χ1) is 13.5. The van der Waals surface area contributed by atoms with Crippen molar-refractivity contribution in [1.82, 2.24) is 15.1 Å². The minimum absolute atomic E-state index is 0.00137. The fraction of sp³-hybridized carbons (Fsp3) is 0.391. The average Bonchev–Trinajstić information content (AvgIpc) is 2.71. The van der Waals surface area contributed by atoms with E-state index in [1.807, 2.05) is 32.0 Å². The Hall–Kier alpha value is -2.66. The largest absolute Gasteiger partial charge is 0.353 e. The Bertz CT molecular complexity index is 802. The van der Waals surface area contributed by atoms with Crippen molar-refractivity contribution in [2.24, 2.45) is 0 Å². The molecule has 0 aromatic heterocycles. The van der Waals surface area contributed by atoms with Crippen molar-refractivity contribution < 1.29 is 9.59 Å². The van der Waals surface area contributed by atoms with Crippen molar-refractivity contribution in [2.45, 2.75) is 38.9 Å². The summed E-state index contributed by atoms with van der Waals surface area (Å²) in [5.41, 5.74) is 3.50. The van der Waals surface area contributed by atoms with Gasteiger partial charge in [0.1, 0.15) is 0 Å². The number of benzene rings is 2. The summed E-state index contributed by atoms with van der Waals surface area (Å²) >= 11 is 0. The summed E-state index contributed by atoms with van der Waals surface area (Å²) in [6, 6.07) is 18.4. The van der Waals surface area contributed by atoms with Gasteiger partial charge in [-0.3, -0.25) is 14.5 Å². The monoisotopic (exact) mass is 379 g/mol. The van der Waals surface area contributed by atoms with Crippen molar-refractivity contribution in [3.63, 3.8) is 0 Å². The second-order valence-electron chi connectivity index (χ2n) is 7.64. The highest BCUT2D eigenvalue weighted by Crippen LogP contribution is 2.21. The van der Waals surface area contributed by atoms with Gasteiger partial charge in [0.25, 0.3) is 0 Å². The number of hydrogen-bond acceptors (Lipinski definition) is 3. The number of hydrogen-bond donors (Lipinski definition) is 1. The number of piperazine rings is 1. The van der Waals surface area contributed by atoms with E-state index in [2.05, 4.69) is 46.6 Å². The lowest BCUT2D eigenvalue weighted by molar-refractivity contribution is -0.139. The molecule has 1 heterocycles. The minimum atomic E-state index is -0.420. The molecule has 5 heteroatoms. The molecule has 0 aliphatic carbocycles. The van der Waals surface area contributed by atoms with Crippen molar-refractivity contribution in [1.29, 1.82) is 0 Å². The maximum atomic E-state index is 12.5. The second-order valence-corrected chi connectivity index (χ2v) is 7.64. The van der Waals surface area contributed by atoms with Crippen LogP contribution in [0.2, 0.25) is 0 Å². The van der Waals surface area contributed by atoms with Gasteiger partial charge in [-0.15, -0.1) is 0 Å². The van der Waals surface area contributed by atoms with Gasteiger partial charge in [-0.05, 0) is 30.5 Å². The summed E-state index contributed by atoms with van der Waals surface area (Å²) in [6.45, 7) is 5.97. The molecular formula is C23H29N3O2. The van der Waals surface area contributed by atoms with Gasteiger partial charge in [0, 0.05) is 32.7 Å². The molecule has 148 valence electrons. The van der Waals surface area contributed by atoms with Gasteiger partial charge in [-0.1, -0.05) is 54.6 Å². The highest BCUT2D eigenvalue weighted by atomic mass is 16.2. The zero-order valence-corrected chi connectivity index (χ0v) is 16.9. The van der Waals surface area contributed by atoms with Crippen LogP contribution < -0.4 is 5.32 Å². The molecule has 0 spiro atoms. The maximum Gasteiger partial charge on any atom is 0.237 e. The minimum Gasteiger partial charge on any atom is -0.353 e. The first-order valence-corrected chi connectivity index (χ1v) is 9.87. The zero-order chi connectivity index (χ0) is 20.1. The van der Waals surface area contributed by atoms with Gasteiger partial charge >= 0.3 is 0 Å². The quantitative estimate of drug-likeness (QED) is 0.840. The molecule has 1 aliphatic heterocycles. The van der Waals surface area contributed by atoms with Gasteiger partial charge in [-0.25, -0.2) is 0 Å². The summed E-state index contributed by atoms with van der Waals surface area (Å²) < 4.78 is 0. The van der Waals surface area contributed by atoms with E-state index >= 15 is 0 Å². The molecule has 2 aromatic rings. The molecule has 28 heavy (non-hydrogen) atoms. The summed E-state index contributed by atoms with van der Waals surface area (Å²) in [5, 5.41) is 2.90. The van der Waals surface area contributed by atoms with Crippen LogP contribution in [0.4, 0.5) is 0 Å². The first kappa shape index (κ1) is 20.1. The molecule has 1 saturated heterocycles. The van der Waals surface area contributed by atoms with E-state index in [-0.39, 0.29) is 24.3 Å². The third-order valence-corrected chi connectivity index (χ3v) is 5.42. The Morgan fingerprint density at radius 2 is 1.75 bits per heavy atom. The maximum absolute atomic E-state index is 12.5. The van der Waals surface area contributed by atoms with E-state index in [1.54, 1.807) is 11.9 Å². The van der Waals surface area contributed by atoms with Crippen LogP contribution in [0, 0.1) is 0 Å². The van der Waals surface area contributed by atoms with Crippen LogP contribution in [-0.2, 0) is 16.1 Å². The summed E-state index contributed by atoms with van der Waals surface area (Å²) in [6.07, 6.45) is 0.211. The molecule has 2 amide bonds. The van der Waals surface area contributed by atoms with Gasteiger partial charge in [0.2, 0.25) is 11.8 Å². The molecule has 0 unspecified atom stereocenters. The smallest absolute Gasteiger partial charge is 0.237 e. The third-order valence-electron chi connectivity index (χ3n) is 5.42. The van der Waals surface area contributed by atoms with Crippen molar-refractivity contribution in [3.05, 3.63) is 60.2 Å². The summed E-state index contributed by atoms with van der Waals surface area (Å²) in [7, 11) is 1.79. The SMILES string of the molecule is CC(C)N(C)C(=O)C[C@H]1C(=O)NCCN1Cc1ccc(-c2ccccc2)cc1. The molecular weight excluding hydrogens is 350 g/mol. The molecule has 1 atom stereocenters. The predicted molar refractivity (Wildman–Crippen MR) is 112 cm³/mol. The molecule has 1 N–H and O–H groups in total. The molecule has 5 nitrogen and oxygen atoms in total. The molecule has 3 rings (SSSR count). The lowest BCUT2D eigenvalue weighted by Crippen LogP contribution is -2.56. The van der Waals surface area contributed by atoms with Crippen LogP contribution in [-0.4, -0.2) is 53.8 Å². The first-order valence-electron chi connectivity index (χ1n) is 9.87. The van der Waals surface area contributed by atoms with Crippen molar-refractivity contribution >= 4 is 11.8 Å². The highest BCUT2D eigenvalue weighted by Gasteiger charge is 2.32. The fourth-order valence-corrected chi connectivity index (χ4v) is 3.44. The molecule has 1 fully saturated rings. The van der Waals surface area contributed by atoms with Crippen LogP contribution in [0.3, 0.4) is 0 Å². The van der Waals surface area contributed by atoms with Crippen LogP contribution in [0.1, 0.15) is 25.8 Å². The summed E-state index contributed by atoms with van der Waals surface area (Å²) in [5.74, 6) is -0.0564. The highest BCUT2D eigenvalue weighted by molar-refractivity contribution is 5.88. The Balaban J connectivity index is 1.70. The fourth-order valence-electron chi connectivity index (χ4n) is 3.44. The normalized spacial score (nSPS) is 17.4. The predicted octanol–water partition coefficient (Wildman–Crippen LogP) is 2.91. The molecule has 0 bridgehead atoms. The molecule has 1 aliphatic rings. The Labute approximate surface area is 167 Å². The lowest BCUT2D eigenvalue weighted by atomic mass is 10.0. The number of carbonyl (C=O) groups excluding carboxylic acids is 2. The van der Waals surface area contributed by atoms with Gasteiger partial charge in [0.15, 0.2) is 0 Å². The second kappa shape index (κ2) is 9.02. The van der Waals surface area contributed by atoms with Crippen molar-refractivity contribution in [3.8, 4) is 11.1 Å². The Morgan fingerprint density at radius 1 is 1.11 bits per heavy atom. The van der Waals surface area contributed by atoms with Gasteiger partial charge in [-0.2, -0.15) is 0 Å². The van der Waals surface area contributed by atoms with E-state index in [0.717, 1.165) is 12.1 Å². The third kappa shape index (κ3) is 4.78. The number of nitrogens with one attached hydrogen (secondary N) is 1. The Kier molecular flexibility index (Phi) is 6.47. The lowest BCUT2D eigenvalue weighted by Gasteiger charge is -2.36. The van der Waals surface area contributed by atoms with E-state index in [4.69, 9.17) is 0 Å².